The molecule has 7 heteroatoms. The molecule has 1 aromatic carbocycles. The third-order valence-corrected chi connectivity index (χ3v) is 4.80. The van der Waals surface area contributed by atoms with Crippen molar-refractivity contribution < 1.29 is 9.59 Å². The number of rotatable bonds is 4. The predicted molar refractivity (Wildman–Crippen MR) is 105 cm³/mol. The molecule has 0 unspecified atom stereocenters. The lowest BCUT2D eigenvalue weighted by molar-refractivity contribution is 0.0762. The van der Waals surface area contributed by atoms with Crippen molar-refractivity contribution in [2.45, 2.75) is 12.8 Å². The van der Waals surface area contributed by atoms with Crippen LogP contribution >= 0.6 is 11.6 Å². The maximum atomic E-state index is 12.6. The molecule has 0 spiro atoms. The molecule has 0 atom stereocenters. The Kier molecular flexibility index (Phi) is 6.65. The van der Waals surface area contributed by atoms with Crippen molar-refractivity contribution in [1.82, 2.24) is 20.1 Å². The summed E-state index contributed by atoms with van der Waals surface area (Å²) in [6, 6.07) is 13.3. The van der Waals surface area contributed by atoms with Crippen molar-refractivity contribution in [3.8, 4) is 0 Å². The van der Waals surface area contributed by atoms with Gasteiger partial charge in [0, 0.05) is 38.9 Å². The standard InChI is InChI=1S/C20H23ClN4O2/c21-18-8-7-17(15-23-18)19(26)24-11-4-12-25(14-13-24)20(27)22-10-9-16-5-2-1-3-6-16/h1-3,5-8,15H,4,9-14H2,(H,22,27). The molecule has 2 heterocycles. The Morgan fingerprint density at radius 2 is 1.74 bits per heavy atom. The first-order valence-electron chi connectivity index (χ1n) is 9.11. The molecule has 27 heavy (non-hydrogen) atoms. The van der Waals surface area contributed by atoms with E-state index < -0.39 is 0 Å². The van der Waals surface area contributed by atoms with Gasteiger partial charge < -0.3 is 15.1 Å². The van der Waals surface area contributed by atoms with Crippen LogP contribution in [0.25, 0.3) is 0 Å². The second kappa shape index (κ2) is 9.37. The van der Waals surface area contributed by atoms with E-state index in [4.69, 9.17) is 11.6 Å². The summed E-state index contributed by atoms with van der Waals surface area (Å²) in [5, 5.41) is 3.33. The van der Waals surface area contributed by atoms with E-state index in [2.05, 4.69) is 10.3 Å². The normalized spacial score (nSPS) is 14.6. The summed E-state index contributed by atoms with van der Waals surface area (Å²) in [6.45, 7) is 2.88. The summed E-state index contributed by atoms with van der Waals surface area (Å²) in [5.74, 6) is -0.0782. The van der Waals surface area contributed by atoms with Crippen LogP contribution in [0.5, 0.6) is 0 Å². The molecule has 1 aliphatic heterocycles. The number of pyridine rings is 1. The molecule has 1 aromatic heterocycles. The molecule has 1 fully saturated rings. The fourth-order valence-corrected chi connectivity index (χ4v) is 3.19. The number of urea groups is 1. The summed E-state index contributed by atoms with van der Waals surface area (Å²) >= 11 is 5.78. The second-order valence-electron chi connectivity index (χ2n) is 6.47. The molecular weight excluding hydrogens is 364 g/mol. The summed E-state index contributed by atoms with van der Waals surface area (Å²) in [6.07, 6.45) is 3.04. The van der Waals surface area contributed by atoms with Crippen molar-refractivity contribution >= 4 is 23.5 Å². The quantitative estimate of drug-likeness (QED) is 0.822. The molecule has 142 valence electrons. The van der Waals surface area contributed by atoms with E-state index in [1.54, 1.807) is 21.9 Å². The van der Waals surface area contributed by atoms with E-state index >= 15 is 0 Å². The highest BCUT2D eigenvalue weighted by atomic mass is 35.5. The van der Waals surface area contributed by atoms with Gasteiger partial charge in [0.1, 0.15) is 5.15 Å². The molecule has 2 aromatic rings. The summed E-state index contributed by atoms with van der Waals surface area (Å²) < 4.78 is 0. The van der Waals surface area contributed by atoms with Crippen LogP contribution in [0.3, 0.4) is 0 Å². The third-order valence-electron chi connectivity index (χ3n) is 4.58. The average molecular weight is 387 g/mol. The number of benzene rings is 1. The Bertz CT molecular complexity index is 767. The van der Waals surface area contributed by atoms with Gasteiger partial charge in [-0.1, -0.05) is 41.9 Å². The van der Waals surface area contributed by atoms with Crippen LogP contribution in [0.1, 0.15) is 22.3 Å². The van der Waals surface area contributed by atoms with Crippen molar-refractivity contribution in [2.24, 2.45) is 0 Å². The lowest BCUT2D eigenvalue weighted by atomic mass is 10.1. The Balaban J connectivity index is 1.48. The minimum atomic E-state index is -0.0782. The molecule has 6 nitrogen and oxygen atoms in total. The van der Waals surface area contributed by atoms with Crippen LogP contribution < -0.4 is 5.32 Å². The van der Waals surface area contributed by atoms with E-state index in [-0.39, 0.29) is 11.9 Å². The zero-order valence-electron chi connectivity index (χ0n) is 15.1. The van der Waals surface area contributed by atoms with Gasteiger partial charge in [0.25, 0.3) is 5.91 Å². The Morgan fingerprint density at radius 1 is 1.00 bits per heavy atom. The number of aromatic nitrogens is 1. The van der Waals surface area contributed by atoms with Gasteiger partial charge in [-0.2, -0.15) is 0 Å². The largest absolute Gasteiger partial charge is 0.338 e. The molecule has 0 radical (unpaired) electrons. The van der Waals surface area contributed by atoms with Crippen LogP contribution in [-0.4, -0.2) is 59.4 Å². The fourth-order valence-electron chi connectivity index (χ4n) is 3.08. The van der Waals surface area contributed by atoms with Crippen LogP contribution in [-0.2, 0) is 6.42 Å². The topological polar surface area (TPSA) is 65.5 Å². The minimum Gasteiger partial charge on any atom is -0.338 e. The number of nitrogens with zero attached hydrogens (tertiary/aromatic N) is 3. The highest BCUT2D eigenvalue weighted by Crippen LogP contribution is 2.11. The number of halogens is 1. The highest BCUT2D eigenvalue weighted by molar-refractivity contribution is 6.29. The molecule has 3 rings (SSSR count). The molecule has 1 N–H and O–H groups in total. The summed E-state index contributed by atoms with van der Waals surface area (Å²) in [7, 11) is 0. The van der Waals surface area contributed by atoms with Gasteiger partial charge in [0.05, 0.1) is 5.56 Å². The lowest BCUT2D eigenvalue weighted by Crippen LogP contribution is -2.43. The van der Waals surface area contributed by atoms with E-state index in [0.29, 0.717) is 43.4 Å². The zero-order chi connectivity index (χ0) is 19.1. The Morgan fingerprint density at radius 3 is 2.48 bits per heavy atom. The van der Waals surface area contributed by atoms with E-state index in [0.717, 1.165) is 12.8 Å². The smallest absolute Gasteiger partial charge is 0.317 e. The molecular formula is C20H23ClN4O2. The first-order valence-corrected chi connectivity index (χ1v) is 9.49. The molecule has 3 amide bonds. The number of hydrogen-bond acceptors (Lipinski definition) is 3. The van der Waals surface area contributed by atoms with Gasteiger partial charge >= 0.3 is 6.03 Å². The van der Waals surface area contributed by atoms with Gasteiger partial charge in [-0.15, -0.1) is 0 Å². The molecule has 0 saturated carbocycles. The number of carbonyl (C=O) groups is 2. The van der Waals surface area contributed by atoms with E-state index in [1.807, 2.05) is 30.3 Å². The number of nitrogens with one attached hydrogen (secondary N) is 1. The number of hydrogen-bond donors (Lipinski definition) is 1. The number of amides is 3. The maximum Gasteiger partial charge on any atom is 0.317 e. The van der Waals surface area contributed by atoms with Crippen LogP contribution in [0, 0.1) is 0 Å². The third kappa shape index (κ3) is 5.44. The predicted octanol–water partition coefficient (Wildman–Crippen LogP) is 2.84. The summed E-state index contributed by atoms with van der Waals surface area (Å²) in [5.41, 5.74) is 1.71. The Labute approximate surface area is 164 Å². The minimum absolute atomic E-state index is 0.0756. The number of carbonyl (C=O) groups excluding carboxylic acids is 2. The van der Waals surface area contributed by atoms with E-state index in [1.165, 1.54) is 11.8 Å². The Hall–Kier alpha value is -2.60. The second-order valence-corrected chi connectivity index (χ2v) is 6.86. The first-order chi connectivity index (χ1) is 13.1. The molecule has 0 aliphatic carbocycles. The molecule has 1 aliphatic rings. The monoisotopic (exact) mass is 386 g/mol. The fraction of sp³-hybridized carbons (Fsp3) is 0.350. The van der Waals surface area contributed by atoms with Gasteiger partial charge in [-0.3, -0.25) is 4.79 Å². The van der Waals surface area contributed by atoms with Gasteiger partial charge in [-0.25, -0.2) is 9.78 Å². The van der Waals surface area contributed by atoms with Crippen LogP contribution in [0.15, 0.2) is 48.7 Å². The van der Waals surface area contributed by atoms with Gasteiger partial charge in [0.15, 0.2) is 0 Å². The van der Waals surface area contributed by atoms with Gasteiger partial charge in [0.2, 0.25) is 0 Å². The average Bonchev–Trinajstić information content (AvgIpc) is 2.95. The molecule has 0 bridgehead atoms. The maximum absolute atomic E-state index is 12.6. The van der Waals surface area contributed by atoms with Crippen LogP contribution in [0.4, 0.5) is 4.79 Å². The SMILES string of the molecule is O=C(NCCc1ccccc1)N1CCCN(C(=O)c2ccc(Cl)nc2)CC1. The van der Waals surface area contributed by atoms with Crippen molar-refractivity contribution in [2.75, 3.05) is 32.7 Å². The van der Waals surface area contributed by atoms with Crippen LogP contribution in [0.2, 0.25) is 5.15 Å². The molecule has 1 saturated heterocycles. The lowest BCUT2D eigenvalue weighted by Gasteiger charge is -2.22. The summed E-state index contributed by atoms with van der Waals surface area (Å²) in [4.78, 5) is 32.5. The van der Waals surface area contributed by atoms with Crippen molar-refractivity contribution in [1.29, 1.82) is 0 Å². The van der Waals surface area contributed by atoms with Gasteiger partial charge in [-0.05, 0) is 30.5 Å². The zero-order valence-corrected chi connectivity index (χ0v) is 15.9. The highest BCUT2D eigenvalue weighted by Gasteiger charge is 2.22. The first kappa shape index (κ1) is 19.2. The van der Waals surface area contributed by atoms with E-state index in [9.17, 15) is 9.59 Å². The van der Waals surface area contributed by atoms with Crippen molar-refractivity contribution in [3.05, 3.63) is 64.9 Å². The van der Waals surface area contributed by atoms with Crippen molar-refractivity contribution in [3.63, 3.8) is 0 Å².